The molecule has 3 rings (SSSR count). The van der Waals surface area contributed by atoms with Crippen molar-refractivity contribution in [2.75, 3.05) is 25.6 Å². The maximum Gasteiger partial charge on any atom is 0.412 e. The summed E-state index contributed by atoms with van der Waals surface area (Å²) in [6, 6.07) is 13.0. The van der Waals surface area contributed by atoms with Crippen LogP contribution in [-0.2, 0) is 20.7 Å². The molecule has 2 N–H and O–H groups in total. The van der Waals surface area contributed by atoms with Crippen molar-refractivity contribution in [3.63, 3.8) is 0 Å². The molecule has 190 valence electrons. The summed E-state index contributed by atoms with van der Waals surface area (Å²) in [5.74, 6) is -0.938. The third-order valence-corrected chi connectivity index (χ3v) is 6.20. The highest BCUT2D eigenvalue weighted by molar-refractivity contribution is 6.31. The van der Waals surface area contributed by atoms with Gasteiger partial charge in [0.25, 0.3) is 0 Å². The maximum absolute atomic E-state index is 13.7. The Hall–Kier alpha value is -3.56. The maximum atomic E-state index is 13.7. The summed E-state index contributed by atoms with van der Waals surface area (Å²) in [7, 11) is 1.54. The molecule has 36 heavy (non-hydrogen) atoms. The van der Waals surface area contributed by atoms with E-state index in [1.54, 1.807) is 18.3 Å². The molecule has 1 aromatic heterocycles. The van der Waals surface area contributed by atoms with E-state index in [-0.39, 0.29) is 43.2 Å². The molecule has 3 aromatic rings. The first kappa shape index (κ1) is 27.0. The third kappa shape index (κ3) is 7.47. The van der Waals surface area contributed by atoms with Gasteiger partial charge < -0.3 is 14.7 Å². The van der Waals surface area contributed by atoms with E-state index in [9.17, 15) is 18.8 Å². The van der Waals surface area contributed by atoms with E-state index < -0.39 is 30.3 Å². The van der Waals surface area contributed by atoms with Gasteiger partial charge in [-0.25, -0.2) is 14.2 Å². The van der Waals surface area contributed by atoms with Crippen molar-refractivity contribution in [1.29, 1.82) is 0 Å². The van der Waals surface area contributed by atoms with Crippen LogP contribution in [0.5, 0.6) is 0 Å². The number of carbonyl (C=O) groups is 3. The van der Waals surface area contributed by atoms with Crippen LogP contribution in [0, 0.1) is 5.82 Å². The van der Waals surface area contributed by atoms with Crippen LogP contribution in [0.2, 0.25) is 5.02 Å². The summed E-state index contributed by atoms with van der Waals surface area (Å²) in [6.45, 7) is -0.793. The number of pyridine rings is 1. The van der Waals surface area contributed by atoms with Crippen molar-refractivity contribution in [3.05, 3.63) is 71.1 Å². The molecule has 0 aliphatic rings. The van der Waals surface area contributed by atoms with Crippen molar-refractivity contribution in [3.8, 4) is 0 Å². The van der Waals surface area contributed by atoms with E-state index in [0.717, 1.165) is 10.8 Å². The molecule has 1 atom stereocenters. The number of rotatable bonds is 11. The van der Waals surface area contributed by atoms with Crippen LogP contribution in [0.15, 0.2) is 54.7 Å². The number of hydrogen-bond donors (Lipinski definition) is 2. The summed E-state index contributed by atoms with van der Waals surface area (Å²) in [5.41, 5.74) is 0.504. The third-order valence-electron chi connectivity index (χ3n) is 5.78. The number of aliphatic hydroxyl groups is 1. The van der Waals surface area contributed by atoms with Crippen molar-refractivity contribution >= 4 is 46.0 Å². The van der Waals surface area contributed by atoms with E-state index in [1.807, 2.05) is 24.3 Å². The first-order valence-corrected chi connectivity index (χ1v) is 11.8. The Bertz CT molecular complexity index is 1240. The van der Waals surface area contributed by atoms with Gasteiger partial charge in [0.05, 0.1) is 11.1 Å². The van der Waals surface area contributed by atoms with Gasteiger partial charge in [0.2, 0.25) is 5.91 Å². The highest BCUT2D eigenvalue weighted by atomic mass is 35.5. The number of carbonyl (C=O) groups excluding carboxylic acids is 3. The van der Waals surface area contributed by atoms with Crippen molar-refractivity contribution < 1.29 is 28.6 Å². The molecule has 2 amide bonds. The Balaban J connectivity index is 1.60. The molecule has 0 spiro atoms. The number of hydrogen-bond acceptors (Lipinski definition) is 6. The molecular weight excluding hydrogens is 489 g/mol. The normalized spacial score (nSPS) is 11.7. The molecule has 0 radical (unpaired) electrons. The van der Waals surface area contributed by atoms with Gasteiger partial charge >= 0.3 is 6.09 Å². The molecule has 0 unspecified atom stereocenters. The number of amides is 2. The van der Waals surface area contributed by atoms with Crippen molar-refractivity contribution in [2.45, 2.75) is 31.7 Å². The molecule has 1 heterocycles. The molecule has 0 saturated heterocycles. The van der Waals surface area contributed by atoms with E-state index >= 15 is 0 Å². The van der Waals surface area contributed by atoms with Gasteiger partial charge in [-0.2, -0.15) is 0 Å². The van der Waals surface area contributed by atoms with E-state index in [4.69, 9.17) is 21.4 Å². The van der Waals surface area contributed by atoms with E-state index in [2.05, 4.69) is 10.3 Å². The zero-order valence-corrected chi connectivity index (χ0v) is 20.5. The van der Waals surface area contributed by atoms with Gasteiger partial charge in [-0.15, -0.1) is 0 Å². The minimum absolute atomic E-state index is 0.00568. The van der Waals surface area contributed by atoms with Crippen LogP contribution >= 0.6 is 11.6 Å². The molecule has 0 aliphatic carbocycles. The molecule has 0 bridgehead atoms. The van der Waals surface area contributed by atoms with E-state index in [1.165, 1.54) is 24.1 Å². The van der Waals surface area contributed by atoms with E-state index in [0.29, 0.717) is 11.4 Å². The lowest BCUT2D eigenvalue weighted by atomic mass is 10.1. The Morgan fingerprint density at radius 1 is 1.14 bits per heavy atom. The zero-order valence-electron chi connectivity index (χ0n) is 19.7. The number of nitrogens with zero attached hydrogens (tertiary/aromatic N) is 2. The van der Waals surface area contributed by atoms with Gasteiger partial charge in [0, 0.05) is 31.5 Å². The number of benzene rings is 2. The van der Waals surface area contributed by atoms with Crippen LogP contribution in [0.3, 0.4) is 0 Å². The Morgan fingerprint density at radius 3 is 2.64 bits per heavy atom. The summed E-state index contributed by atoms with van der Waals surface area (Å²) < 4.78 is 19.0. The topological polar surface area (TPSA) is 109 Å². The number of Topliss-reactive ketones (excluding diaryl/α,β-unsaturated/α-hetero) is 1. The number of ketones is 1. The Labute approximate surface area is 213 Å². The second kappa shape index (κ2) is 12.9. The monoisotopic (exact) mass is 515 g/mol. The minimum atomic E-state index is -0.761. The van der Waals surface area contributed by atoms with Gasteiger partial charge in [-0.3, -0.25) is 14.9 Å². The molecule has 0 fully saturated rings. The average Bonchev–Trinajstić information content (AvgIpc) is 2.88. The first-order valence-electron chi connectivity index (χ1n) is 11.4. The molecule has 0 saturated carbocycles. The number of aliphatic hydroxyl groups excluding tert-OH is 1. The summed E-state index contributed by atoms with van der Waals surface area (Å²) >= 11 is 5.97. The van der Waals surface area contributed by atoms with Crippen LogP contribution in [0.25, 0.3) is 10.8 Å². The number of fused-ring (bicyclic) bond motifs is 1. The second-order valence-electron chi connectivity index (χ2n) is 8.25. The lowest BCUT2D eigenvalue weighted by Gasteiger charge is -2.28. The predicted octanol–water partition coefficient (Wildman–Crippen LogP) is 4.38. The number of halogens is 2. The van der Waals surface area contributed by atoms with Crippen molar-refractivity contribution in [1.82, 2.24) is 9.88 Å². The highest BCUT2D eigenvalue weighted by Crippen LogP contribution is 2.22. The number of likely N-dealkylation sites (N-methyl/N-ethyl adjacent to an activating group) is 1. The zero-order chi connectivity index (χ0) is 26.1. The number of nitrogens with one attached hydrogen (secondary N) is 1. The molecule has 0 aliphatic heterocycles. The lowest BCUT2D eigenvalue weighted by molar-refractivity contribution is -0.133. The van der Waals surface area contributed by atoms with Crippen LogP contribution in [0.1, 0.15) is 24.8 Å². The fraction of sp³-hybridized carbons (Fsp3) is 0.308. The fourth-order valence-corrected chi connectivity index (χ4v) is 3.84. The summed E-state index contributed by atoms with van der Waals surface area (Å²) in [4.78, 5) is 42.4. The quantitative estimate of drug-likeness (QED) is 0.392. The van der Waals surface area contributed by atoms with Crippen LogP contribution in [-0.4, -0.2) is 59.1 Å². The predicted molar refractivity (Wildman–Crippen MR) is 134 cm³/mol. The number of aryl methyl sites for hydroxylation is 1. The number of ether oxygens (including phenoxy) is 1. The van der Waals surface area contributed by atoms with Gasteiger partial charge in [0.1, 0.15) is 24.8 Å². The van der Waals surface area contributed by atoms with Crippen molar-refractivity contribution in [2.24, 2.45) is 0 Å². The van der Waals surface area contributed by atoms with Crippen LogP contribution in [0.4, 0.5) is 15.0 Å². The summed E-state index contributed by atoms with van der Waals surface area (Å²) in [5, 5.41) is 13.4. The average molecular weight is 516 g/mol. The lowest BCUT2D eigenvalue weighted by Crippen LogP contribution is -2.41. The minimum Gasteiger partial charge on any atom is -0.447 e. The van der Waals surface area contributed by atoms with Crippen LogP contribution < -0.4 is 5.32 Å². The van der Waals surface area contributed by atoms with Gasteiger partial charge in [-0.1, -0.05) is 48.0 Å². The SMILES string of the molecule is CN(C(=O)CCc1cccc(F)c1Cl)[C@@H](CCC(=O)CO)COC(=O)Nc1cc2ccccc2cn1. The molecule has 8 nitrogen and oxygen atoms in total. The highest BCUT2D eigenvalue weighted by Gasteiger charge is 2.23. The molecule has 10 heteroatoms. The first-order chi connectivity index (χ1) is 17.3. The van der Waals surface area contributed by atoms with Gasteiger partial charge in [0.15, 0.2) is 5.78 Å². The Kier molecular flexibility index (Phi) is 9.72. The van der Waals surface area contributed by atoms with Gasteiger partial charge in [-0.05, 0) is 35.9 Å². The standard InChI is InChI=1S/C26H27ClFN3O5/c1-31(24(34)12-9-17-7-4-8-22(28)25(17)27)20(10-11-21(33)15-32)16-36-26(35)30-23-13-18-5-2-3-6-19(18)14-29-23/h2-8,13-14,20,32H,9-12,15-16H2,1H3,(H,29,30,35)/t20-/m0/s1. The molecular formula is C26H27ClFN3O5. The second-order valence-corrected chi connectivity index (χ2v) is 8.62. The number of anilines is 1. The Morgan fingerprint density at radius 2 is 1.89 bits per heavy atom. The molecule has 2 aromatic carbocycles. The fourth-order valence-electron chi connectivity index (χ4n) is 3.62. The largest absolute Gasteiger partial charge is 0.447 e. The number of aromatic nitrogens is 1. The summed E-state index contributed by atoms with van der Waals surface area (Å²) in [6.07, 6.45) is 1.32. The smallest absolute Gasteiger partial charge is 0.412 e.